The molecule has 0 heterocycles. The van der Waals surface area contributed by atoms with Crippen LogP contribution in [0.3, 0.4) is 0 Å². The molecule has 1 amide bonds. The summed E-state index contributed by atoms with van der Waals surface area (Å²) in [6.07, 6.45) is 3.98. The first kappa shape index (κ1) is 15.4. The van der Waals surface area contributed by atoms with E-state index < -0.39 is 36.4 Å². The maximum Gasteiger partial charge on any atom is 0.326 e. The Bertz CT molecular complexity index is 352. The Hall–Kier alpha value is -1.63. The van der Waals surface area contributed by atoms with E-state index in [1.54, 1.807) is 0 Å². The minimum Gasteiger partial charge on any atom is -0.481 e. The van der Waals surface area contributed by atoms with Crippen LogP contribution in [0.2, 0.25) is 0 Å². The molecule has 0 spiro atoms. The average molecular weight is 272 g/mol. The SMILES string of the molecule is N[C@@H](CC(=O)O)C(=O)N[C@H](C(=O)O)C1CCCCC1. The Kier molecular flexibility index (Phi) is 5.75. The average Bonchev–Trinajstić information content (AvgIpc) is 2.35. The Morgan fingerprint density at radius 2 is 1.74 bits per heavy atom. The maximum atomic E-state index is 11.7. The molecule has 0 aromatic carbocycles. The number of nitrogens with one attached hydrogen (secondary N) is 1. The zero-order valence-corrected chi connectivity index (χ0v) is 10.7. The van der Waals surface area contributed by atoms with Crippen LogP contribution in [0.1, 0.15) is 38.5 Å². The number of carbonyl (C=O) groups is 3. The number of carbonyl (C=O) groups excluding carboxylic acids is 1. The second-order valence-corrected chi connectivity index (χ2v) is 4.93. The lowest BCUT2D eigenvalue weighted by molar-refractivity contribution is -0.144. The second kappa shape index (κ2) is 7.08. The van der Waals surface area contributed by atoms with Gasteiger partial charge in [-0.2, -0.15) is 0 Å². The summed E-state index contributed by atoms with van der Waals surface area (Å²) >= 11 is 0. The molecule has 1 saturated carbocycles. The maximum absolute atomic E-state index is 11.7. The predicted molar refractivity (Wildman–Crippen MR) is 66.4 cm³/mol. The summed E-state index contributed by atoms with van der Waals surface area (Å²) in [5.74, 6) is -3.11. The lowest BCUT2D eigenvalue weighted by Crippen LogP contribution is -2.52. The van der Waals surface area contributed by atoms with E-state index in [4.69, 9.17) is 15.9 Å². The fourth-order valence-corrected chi connectivity index (χ4v) is 2.39. The van der Waals surface area contributed by atoms with Crippen molar-refractivity contribution in [3.63, 3.8) is 0 Å². The number of hydrogen-bond donors (Lipinski definition) is 4. The van der Waals surface area contributed by atoms with E-state index in [-0.39, 0.29) is 5.92 Å². The topological polar surface area (TPSA) is 130 Å². The van der Waals surface area contributed by atoms with Gasteiger partial charge in [0, 0.05) is 0 Å². The number of amides is 1. The zero-order chi connectivity index (χ0) is 14.4. The number of rotatable bonds is 6. The molecule has 0 radical (unpaired) electrons. The molecule has 0 bridgehead atoms. The predicted octanol–water partition coefficient (Wildman–Crippen LogP) is -0.0619. The smallest absolute Gasteiger partial charge is 0.326 e. The fraction of sp³-hybridized carbons (Fsp3) is 0.750. The van der Waals surface area contributed by atoms with Crippen molar-refractivity contribution in [2.45, 2.75) is 50.6 Å². The van der Waals surface area contributed by atoms with Gasteiger partial charge in [-0.3, -0.25) is 9.59 Å². The third kappa shape index (κ3) is 4.86. The molecule has 19 heavy (non-hydrogen) atoms. The van der Waals surface area contributed by atoms with Crippen molar-refractivity contribution in [3.8, 4) is 0 Å². The monoisotopic (exact) mass is 272 g/mol. The van der Waals surface area contributed by atoms with Crippen molar-refractivity contribution in [1.82, 2.24) is 5.32 Å². The molecule has 7 nitrogen and oxygen atoms in total. The first-order valence-electron chi connectivity index (χ1n) is 6.42. The largest absolute Gasteiger partial charge is 0.481 e. The number of hydrogen-bond acceptors (Lipinski definition) is 4. The lowest BCUT2D eigenvalue weighted by atomic mass is 9.84. The quantitative estimate of drug-likeness (QED) is 0.536. The zero-order valence-electron chi connectivity index (χ0n) is 10.7. The Labute approximate surface area is 111 Å². The Balaban J connectivity index is 2.59. The summed E-state index contributed by atoms with van der Waals surface area (Å²) in [7, 11) is 0. The van der Waals surface area contributed by atoms with Crippen molar-refractivity contribution >= 4 is 17.8 Å². The van der Waals surface area contributed by atoms with Crippen LogP contribution in [0.5, 0.6) is 0 Å². The second-order valence-electron chi connectivity index (χ2n) is 4.93. The minimum atomic E-state index is -1.22. The van der Waals surface area contributed by atoms with E-state index >= 15 is 0 Å². The first-order valence-corrected chi connectivity index (χ1v) is 6.42. The van der Waals surface area contributed by atoms with E-state index in [0.29, 0.717) is 0 Å². The Morgan fingerprint density at radius 3 is 2.21 bits per heavy atom. The van der Waals surface area contributed by atoms with E-state index in [1.807, 2.05) is 0 Å². The molecule has 0 aromatic rings. The van der Waals surface area contributed by atoms with Gasteiger partial charge in [-0.15, -0.1) is 0 Å². The summed E-state index contributed by atoms with van der Waals surface area (Å²) in [6.45, 7) is 0. The van der Waals surface area contributed by atoms with Crippen molar-refractivity contribution in [1.29, 1.82) is 0 Å². The molecule has 5 N–H and O–H groups in total. The normalized spacial score (nSPS) is 19.4. The van der Waals surface area contributed by atoms with Crippen LogP contribution in [0, 0.1) is 5.92 Å². The summed E-state index contributed by atoms with van der Waals surface area (Å²) in [6, 6.07) is -2.20. The van der Waals surface area contributed by atoms with Gasteiger partial charge in [0.2, 0.25) is 5.91 Å². The third-order valence-corrected chi connectivity index (χ3v) is 3.42. The van der Waals surface area contributed by atoms with Crippen LogP contribution < -0.4 is 11.1 Å². The van der Waals surface area contributed by atoms with Crippen LogP contribution in [-0.4, -0.2) is 40.1 Å². The molecule has 0 saturated heterocycles. The summed E-state index contributed by atoms with van der Waals surface area (Å²) in [5, 5.41) is 20.1. The van der Waals surface area contributed by atoms with E-state index in [0.717, 1.165) is 32.1 Å². The fourth-order valence-electron chi connectivity index (χ4n) is 2.39. The van der Waals surface area contributed by atoms with Crippen molar-refractivity contribution in [2.24, 2.45) is 11.7 Å². The van der Waals surface area contributed by atoms with Crippen LogP contribution in [-0.2, 0) is 14.4 Å². The van der Waals surface area contributed by atoms with Crippen LogP contribution >= 0.6 is 0 Å². The third-order valence-electron chi connectivity index (χ3n) is 3.42. The van der Waals surface area contributed by atoms with Gasteiger partial charge >= 0.3 is 11.9 Å². The molecule has 7 heteroatoms. The van der Waals surface area contributed by atoms with Crippen LogP contribution in [0.25, 0.3) is 0 Å². The summed E-state index contributed by atoms with van der Waals surface area (Å²) in [4.78, 5) is 33.3. The summed E-state index contributed by atoms with van der Waals surface area (Å²) < 4.78 is 0. The van der Waals surface area contributed by atoms with Crippen LogP contribution in [0.4, 0.5) is 0 Å². The molecule has 1 aliphatic carbocycles. The molecule has 1 aliphatic rings. The molecule has 0 unspecified atom stereocenters. The highest BCUT2D eigenvalue weighted by molar-refractivity contribution is 5.89. The van der Waals surface area contributed by atoms with Gasteiger partial charge in [0.1, 0.15) is 6.04 Å². The number of carboxylic acid groups (broad SMARTS) is 2. The standard InChI is InChI=1S/C12H20N2O5/c13-8(6-9(15)16)11(17)14-10(12(18)19)7-4-2-1-3-5-7/h7-8,10H,1-6,13H2,(H,14,17)(H,15,16)(H,18,19)/t8-,10-/m0/s1. The molecule has 2 atom stereocenters. The van der Waals surface area contributed by atoms with Gasteiger partial charge in [-0.25, -0.2) is 4.79 Å². The van der Waals surface area contributed by atoms with E-state index in [1.165, 1.54) is 0 Å². The van der Waals surface area contributed by atoms with Crippen molar-refractivity contribution < 1.29 is 24.6 Å². The van der Waals surface area contributed by atoms with Gasteiger partial charge in [0.25, 0.3) is 0 Å². The molecular weight excluding hydrogens is 252 g/mol. The highest BCUT2D eigenvalue weighted by Crippen LogP contribution is 2.26. The minimum absolute atomic E-state index is 0.104. The van der Waals surface area contributed by atoms with Gasteiger partial charge in [-0.05, 0) is 18.8 Å². The number of carboxylic acids is 2. The van der Waals surface area contributed by atoms with Gasteiger partial charge in [-0.1, -0.05) is 19.3 Å². The number of aliphatic carboxylic acids is 2. The highest BCUT2D eigenvalue weighted by Gasteiger charge is 2.32. The van der Waals surface area contributed by atoms with E-state index in [2.05, 4.69) is 5.32 Å². The first-order chi connectivity index (χ1) is 8.91. The van der Waals surface area contributed by atoms with Crippen molar-refractivity contribution in [2.75, 3.05) is 0 Å². The van der Waals surface area contributed by atoms with Gasteiger partial charge in [0.15, 0.2) is 0 Å². The Morgan fingerprint density at radius 1 is 1.16 bits per heavy atom. The number of nitrogens with two attached hydrogens (primary N) is 1. The van der Waals surface area contributed by atoms with Crippen LogP contribution in [0.15, 0.2) is 0 Å². The summed E-state index contributed by atoms with van der Waals surface area (Å²) in [5.41, 5.74) is 5.41. The van der Waals surface area contributed by atoms with E-state index in [9.17, 15) is 14.4 Å². The molecule has 108 valence electrons. The van der Waals surface area contributed by atoms with Crippen molar-refractivity contribution in [3.05, 3.63) is 0 Å². The molecule has 1 rings (SSSR count). The molecular formula is C12H20N2O5. The molecule has 1 fully saturated rings. The van der Waals surface area contributed by atoms with Gasteiger partial charge in [0.05, 0.1) is 12.5 Å². The molecule has 0 aliphatic heterocycles. The van der Waals surface area contributed by atoms with Gasteiger partial charge < -0.3 is 21.3 Å². The highest BCUT2D eigenvalue weighted by atomic mass is 16.4. The lowest BCUT2D eigenvalue weighted by Gasteiger charge is -2.28. The molecule has 0 aromatic heterocycles.